The molecule has 2 heterocycles. The summed E-state index contributed by atoms with van der Waals surface area (Å²) < 4.78 is 38.6. The van der Waals surface area contributed by atoms with Crippen molar-refractivity contribution in [3.8, 4) is 5.88 Å². The predicted octanol–water partition coefficient (Wildman–Crippen LogP) is 7.72. The predicted molar refractivity (Wildman–Crippen MR) is 173 cm³/mol. The second-order valence-corrected chi connectivity index (χ2v) is 11.2. The van der Waals surface area contributed by atoms with E-state index in [1.165, 1.54) is 18.2 Å². The van der Waals surface area contributed by atoms with Crippen molar-refractivity contribution in [3.63, 3.8) is 0 Å². The number of hydrogen-bond donors (Lipinski definition) is 1. The van der Waals surface area contributed by atoms with E-state index in [0.717, 1.165) is 42.8 Å². The number of pyridine rings is 1. The van der Waals surface area contributed by atoms with Crippen LogP contribution in [0.15, 0.2) is 60.7 Å². The number of carboxylic acids is 1. The van der Waals surface area contributed by atoms with Crippen LogP contribution in [0.3, 0.4) is 0 Å². The van der Waals surface area contributed by atoms with E-state index in [1.54, 1.807) is 31.4 Å². The van der Waals surface area contributed by atoms with Crippen LogP contribution < -0.4 is 9.64 Å². The van der Waals surface area contributed by atoms with Crippen molar-refractivity contribution in [2.75, 3.05) is 44.8 Å². The number of hydrogen-bond acceptors (Lipinski definition) is 6. The minimum Gasteiger partial charge on any atom is -0.478 e. The van der Waals surface area contributed by atoms with Gasteiger partial charge in [-0.3, -0.25) is 4.90 Å². The molecule has 3 aromatic rings. The number of aryl methyl sites for hydroxylation is 2. The maximum Gasteiger partial charge on any atom is 0.335 e. The highest BCUT2D eigenvalue weighted by atomic mass is 35.5. The van der Waals surface area contributed by atoms with Crippen LogP contribution in [-0.4, -0.2) is 66.9 Å². The van der Waals surface area contributed by atoms with Crippen LogP contribution in [0.25, 0.3) is 0 Å². The quantitative estimate of drug-likeness (QED) is 0.242. The van der Waals surface area contributed by atoms with Gasteiger partial charge in [0, 0.05) is 62.6 Å². The van der Waals surface area contributed by atoms with Gasteiger partial charge in [-0.2, -0.15) is 4.98 Å². The molecule has 10 heteroatoms. The average molecular weight is 632 g/mol. The van der Waals surface area contributed by atoms with Crippen LogP contribution in [0.2, 0.25) is 5.02 Å². The summed E-state index contributed by atoms with van der Waals surface area (Å²) in [6, 6.07) is 12.5. The van der Waals surface area contributed by atoms with Gasteiger partial charge >= 0.3 is 5.97 Å². The van der Waals surface area contributed by atoms with Crippen molar-refractivity contribution < 1.29 is 28.2 Å². The first-order valence-electron chi connectivity index (χ1n) is 14.5. The van der Waals surface area contributed by atoms with E-state index < -0.39 is 17.6 Å². The molecule has 240 valence electrons. The van der Waals surface area contributed by atoms with Gasteiger partial charge in [0.15, 0.2) is 11.6 Å². The molecule has 7 nitrogen and oxygen atoms in total. The SMILES string of the molecule is C=C(C)CN1CCN(c2nc(OCc3ccc(Cl)cc3F)ccc2F)CC1C.CCCOC.Cc1ccc(C(=O)O)cc1C. The van der Waals surface area contributed by atoms with Gasteiger partial charge < -0.3 is 19.5 Å². The lowest BCUT2D eigenvalue weighted by atomic mass is 10.1. The number of rotatable bonds is 9. The molecule has 1 aliphatic heterocycles. The Morgan fingerprint density at radius 1 is 1.09 bits per heavy atom. The van der Waals surface area contributed by atoms with E-state index in [0.29, 0.717) is 29.2 Å². The lowest BCUT2D eigenvalue weighted by Crippen LogP contribution is -2.52. The first kappa shape index (κ1) is 36.7. The lowest BCUT2D eigenvalue weighted by Gasteiger charge is -2.40. The van der Waals surface area contributed by atoms with Crippen molar-refractivity contribution in [2.24, 2.45) is 0 Å². The molecule has 1 aromatic heterocycles. The Hall–Kier alpha value is -3.53. The number of carbonyl (C=O) groups is 1. The molecule has 1 aliphatic rings. The third-order valence-corrected chi connectivity index (χ3v) is 7.13. The number of piperazine rings is 1. The van der Waals surface area contributed by atoms with Gasteiger partial charge in [-0.05, 0) is 75.6 Å². The zero-order valence-corrected chi connectivity index (χ0v) is 27.3. The molecule has 0 spiro atoms. The fraction of sp³-hybridized carbons (Fsp3) is 0.412. The fourth-order valence-electron chi connectivity index (χ4n) is 4.35. The lowest BCUT2D eigenvalue weighted by molar-refractivity contribution is 0.0696. The zero-order valence-electron chi connectivity index (χ0n) is 26.5. The Bertz CT molecular complexity index is 1390. The molecule has 1 N–H and O–H groups in total. The van der Waals surface area contributed by atoms with E-state index in [4.69, 9.17) is 26.2 Å². The number of halogens is 3. The van der Waals surface area contributed by atoms with Crippen LogP contribution in [0.4, 0.5) is 14.6 Å². The second kappa shape index (κ2) is 18.3. The van der Waals surface area contributed by atoms with Gasteiger partial charge in [0.05, 0.1) is 5.56 Å². The van der Waals surface area contributed by atoms with Gasteiger partial charge in [0.2, 0.25) is 5.88 Å². The summed E-state index contributed by atoms with van der Waals surface area (Å²) in [7, 11) is 1.71. The summed E-state index contributed by atoms with van der Waals surface area (Å²) in [5, 5.41) is 8.92. The van der Waals surface area contributed by atoms with E-state index in [-0.39, 0.29) is 24.3 Å². The number of aromatic carboxylic acids is 1. The van der Waals surface area contributed by atoms with Crippen LogP contribution in [0, 0.1) is 25.5 Å². The maximum atomic E-state index is 14.4. The summed E-state index contributed by atoms with van der Waals surface area (Å²) in [5.74, 6) is -1.20. The van der Waals surface area contributed by atoms with Crippen molar-refractivity contribution in [3.05, 3.63) is 99.6 Å². The molecule has 2 aromatic carbocycles. The number of benzene rings is 2. The molecule has 0 bridgehead atoms. The van der Waals surface area contributed by atoms with Crippen LogP contribution in [0.5, 0.6) is 5.88 Å². The second-order valence-electron chi connectivity index (χ2n) is 10.8. The summed E-state index contributed by atoms with van der Waals surface area (Å²) >= 11 is 5.76. The van der Waals surface area contributed by atoms with Crippen molar-refractivity contribution in [1.82, 2.24) is 9.88 Å². The first-order valence-corrected chi connectivity index (χ1v) is 14.9. The third kappa shape index (κ3) is 11.9. The number of ether oxygens (including phenoxy) is 2. The van der Waals surface area contributed by atoms with Crippen LogP contribution >= 0.6 is 11.6 Å². The molecular weight excluding hydrogens is 588 g/mol. The summed E-state index contributed by atoms with van der Waals surface area (Å²) in [6.07, 6.45) is 1.12. The number of nitrogens with zero attached hydrogens (tertiary/aromatic N) is 3. The Morgan fingerprint density at radius 2 is 1.82 bits per heavy atom. The highest BCUT2D eigenvalue weighted by Crippen LogP contribution is 2.25. The molecular formula is C34H44ClF2N3O4. The Kier molecular flexibility index (Phi) is 15.3. The van der Waals surface area contributed by atoms with Crippen LogP contribution in [0.1, 0.15) is 54.2 Å². The standard InChI is InChI=1S/C21H24ClF2N3O.C9H10O2.C4H10O/c1-14(2)11-26-8-9-27(12-15(26)3)21-18(23)6-7-20(25-21)28-13-16-4-5-17(22)10-19(16)24;1-6-3-4-8(9(10)11)5-7(6)2;1-3-4-5-2/h4-7,10,15H,1,8-9,11-13H2,2-3H3;3-5H,1-2H3,(H,10,11);3-4H2,1-2H3. The minimum absolute atomic E-state index is 0.0101. The van der Waals surface area contributed by atoms with Crippen LogP contribution in [-0.2, 0) is 11.3 Å². The first-order chi connectivity index (χ1) is 20.9. The Balaban J connectivity index is 0.000000347. The molecule has 44 heavy (non-hydrogen) atoms. The molecule has 4 rings (SSSR count). The van der Waals surface area contributed by atoms with Gasteiger partial charge in [-0.1, -0.05) is 42.8 Å². The summed E-state index contributed by atoms with van der Waals surface area (Å²) in [5.41, 5.74) is 3.96. The normalized spacial score (nSPS) is 14.6. The maximum absolute atomic E-state index is 14.4. The average Bonchev–Trinajstić information content (AvgIpc) is 2.97. The molecule has 1 fully saturated rings. The van der Waals surface area contributed by atoms with Crippen molar-refractivity contribution >= 4 is 23.4 Å². The Morgan fingerprint density at radius 3 is 2.36 bits per heavy atom. The highest BCUT2D eigenvalue weighted by molar-refractivity contribution is 6.30. The topological polar surface area (TPSA) is 75.1 Å². The largest absolute Gasteiger partial charge is 0.478 e. The minimum atomic E-state index is -0.867. The number of carboxylic acid groups (broad SMARTS) is 1. The van der Waals surface area contributed by atoms with Crippen molar-refractivity contribution in [2.45, 2.75) is 53.7 Å². The van der Waals surface area contributed by atoms with Gasteiger partial charge in [0.25, 0.3) is 0 Å². The molecule has 0 aliphatic carbocycles. The molecule has 1 saturated heterocycles. The monoisotopic (exact) mass is 631 g/mol. The fourth-order valence-corrected chi connectivity index (χ4v) is 4.51. The van der Waals surface area contributed by atoms with Gasteiger partial charge in [0.1, 0.15) is 12.4 Å². The summed E-state index contributed by atoms with van der Waals surface area (Å²) in [4.78, 5) is 19.0. The van der Waals surface area contributed by atoms with E-state index in [1.807, 2.05) is 31.7 Å². The van der Waals surface area contributed by atoms with E-state index in [2.05, 4.69) is 30.3 Å². The smallest absolute Gasteiger partial charge is 0.335 e. The molecule has 1 atom stereocenters. The van der Waals surface area contributed by atoms with Gasteiger partial charge in [-0.25, -0.2) is 13.6 Å². The van der Waals surface area contributed by atoms with E-state index in [9.17, 15) is 13.6 Å². The number of aromatic nitrogens is 1. The molecule has 0 saturated carbocycles. The molecule has 0 radical (unpaired) electrons. The Labute approximate surface area is 265 Å². The summed E-state index contributed by atoms with van der Waals surface area (Å²) in [6.45, 7) is 17.9. The molecule has 0 amide bonds. The van der Waals surface area contributed by atoms with Crippen molar-refractivity contribution in [1.29, 1.82) is 0 Å². The van der Waals surface area contributed by atoms with E-state index >= 15 is 0 Å². The number of anilines is 1. The van der Waals surface area contributed by atoms with Gasteiger partial charge in [-0.15, -0.1) is 0 Å². The molecule has 1 unspecified atom stereocenters. The zero-order chi connectivity index (χ0) is 32.8. The highest BCUT2D eigenvalue weighted by Gasteiger charge is 2.26. The third-order valence-electron chi connectivity index (χ3n) is 6.89. The number of methoxy groups -OCH3 is 1.